The Morgan fingerprint density at radius 1 is 0.931 bits per heavy atom. The monoisotopic (exact) mass is 856 g/mol. The molecule has 2 fully saturated rings. The molecule has 12 nitrogen and oxygen atoms in total. The summed E-state index contributed by atoms with van der Waals surface area (Å²) in [5.41, 5.74) is 3.40. The zero-order valence-corrected chi connectivity index (χ0v) is 37.3. The molecular formula is C43H54Cl2N4O8S. The molecule has 1 saturated carbocycles. The van der Waals surface area contributed by atoms with Crippen molar-refractivity contribution in [3.05, 3.63) is 73.2 Å². The molecule has 2 atom stereocenters. The van der Waals surface area contributed by atoms with Gasteiger partial charge in [-0.1, -0.05) is 46.7 Å². The Hall–Kier alpha value is -4.20. The molecule has 3 aliphatic rings. The molecule has 1 aromatic heterocycles. The third-order valence-electron chi connectivity index (χ3n) is 10.4. The second kappa shape index (κ2) is 17.2. The normalized spacial score (nSPS) is 18.2. The van der Waals surface area contributed by atoms with Gasteiger partial charge in [-0.15, -0.1) is 0 Å². The van der Waals surface area contributed by atoms with Crippen LogP contribution >= 0.6 is 34.5 Å². The van der Waals surface area contributed by atoms with Crippen LogP contribution in [0, 0.1) is 20.8 Å². The van der Waals surface area contributed by atoms with Crippen LogP contribution in [0.4, 0.5) is 9.59 Å². The van der Waals surface area contributed by atoms with Crippen molar-refractivity contribution >= 4 is 58.2 Å². The van der Waals surface area contributed by atoms with Crippen LogP contribution in [0.25, 0.3) is 5.57 Å². The highest BCUT2D eigenvalue weighted by Crippen LogP contribution is 2.44. The molecule has 3 amide bonds. The van der Waals surface area contributed by atoms with E-state index in [9.17, 15) is 9.59 Å². The van der Waals surface area contributed by atoms with Crippen LogP contribution in [0.2, 0.25) is 10.0 Å². The lowest BCUT2D eigenvalue weighted by Gasteiger charge is -2.51. The SMILES string of the molecule is COc1cccc(CN(C(=O)C2=C(c3cnc(OCCOc4c(Cl)cc(C)c(C)c4Cl)s3)CC3CN(C(=O)OC(C)(C)C)C[C@H]2N3C(=O)OC(C)(C)C)C2CC2)c1C. The Kier molecular flexibility index (Phi) is 12.9. The van der Waals surface area contributed by atoms with E-state index in [1.54, 1.807) is 23.1 Å². The van der Waals surface area contributed by atoms with Gasteiger partial charge in [-0.25, -0.2) is 14.6 Å². The van der Waals surface area contributed by atoms with E-state index in [2.05, 4.69) is 4.98 Å². The van der Waals surface area contributed by atoms with Crippen molar-refractivity contribution in [2.75, 3.05) is 33.4 Å². The lowest BCUT2D eigenvalue weighted by molar-refractivity contribution is -0.129. The fraction of sp³-hybridized carbons (Fsp3) is 0.535. The van der Waals surface area contributed by atoms with Crippen molar-refractivity contribution in [1.29, 1.82) is 0 Å². The van der Waals surface area contributed by atoms with Gasteiger partial charge < -0.3 is 33.5 Å². The number of methoxy groups -OCH3 is 1. The second-order valence-corrected chi connectivity index (χ2v) is 18.9. The van der Waals surface area contributed by atoms with E-state index in [1.165, 1.54) is 11.3 Å². The van der Waals surface area contributed by atoms with Crippen molar-refractivity contribution < 1.29 is 38.1 Å². The van der Waals surface area contributed by atoms with Gasteiger partial charge in [0, 0.05) is 37.4 Å². The summed E-state index contributed by atoms with van der Waals surface area (Å²) >= 11 is 14.3. The summed E-state index contributed by atoms with van der Waals surface area (Å²) in [5.74, 6) is 0.922. The number of aromatic nitrogens is 1. The van der Waals surface area contributed by atoms with E-state index in [4.69, 9.17) is 46.9 Å². The van der Waals surface area contributed by atoms with Crippen molar-refractivity contribution in [3.63, 3.8) is 0 Å². The third kappa shape index (κ3) is 9.80. The molecule has 1 aliphatic carbocycles. The maximum Gasteiger partial charge on any atom is 0.411 e. The predicted molar refractivity (Wildman–Crippen MR) is 225 cm³/mol. The molecule has 15 heteroatoms. The Balaban J connectivity index is 1.37. The number of thiazole rings is 1. The van der Waals surface area contributed by atoms with Crippen LogP contribution in [0.3, 0.4) is 0 Å². The number of hydrogen-bond donors (Lipinski definition) is 0. The minimum atomic E-state index is -0.836. The summed E-state index contributed by atoms with van der Waals surface area (Å²) in [6.07, 6.45) is 2.62. The lowest BCUT2D eigenvalue weighted by atomic mass is 9.83. The Morgan fingerprint density at radius 3 is 2.26 bits per heavy atom. The van der Waals surface area contributed by atoms with Crippen LogP contribution in [0.5, 0.6) is 16.7 Å². The number of halogens is 2. The zero-order chi connectivity index (χ0) is 42.3. The number of rotatable bonds is 11. The standard InChI is InChI=1S/C43H54Cl2N4O8S/c1-24-18-31(44)37(36(45)25(24)2)54-16-17-55-39-46-20-34(58-39)30-19-29-22-47(40(51)56-42(4,5)6)23-32(49(29)41(52)57-43(7,8)9)35(30)38(50)48(28-14-15-28)21-27-12-11-13-33(53-10)26(27)3/h11-13,18,20,28-29,32H,14-17,19,21-23H2,1-10H3/t29?,32-/m1/s1. The fourth-order valence-electron chi connectivity index (χ4n) is 7.30. The molecule has 6 rings (SSSR count). The largest absolute Gasteiger partial charge is 0.496 e. The van der Waals surface area contributed by atoms with E-state index >= 15 is 4.79 Å². The highest BCUT2D eigenvalue weighted by Gasteiger charge is 2.51. The first kappa shape index (κ1) is 43.4. The number of aryl methyl sites for hydroxylation is 1. The highest BCUT2D eigenvalue weighted by atomic mass is 35.5. The number of benzene rings is 2. The van der Waals surface area contributed by atoms with Gasteiger partial charge in [0.25, 0.3) is 11.1 Å². The van der Waals surface area contributed by atoms with Crippen molar-refractivity contribution in [2.24, 2.45) is 0 Å². The third-order valence-corrected chi connectivity index (χ3v) is 12.1. The minimum absolute atomic E-state index is 0.00443. The molecule has 3 heterocycles. The van der Waals surface area contributed by atoms with Gasteiger partial charge in [-0.05, 0) is 122 Å². The summed E-state index contributed by atoms with van der Waals surface area (Å²) in [6, 6.07) is 6.29. The van der Waals surface area contributed by atoms with Gasteiger partial charge in [-0.2, -0.15) is 0 Å². The summed E-state index contributed by atoms with van der Waals surface area (Å²) in [6.45, 7) is 17.6. The van der Waals surface area contributed by atoms with Crippen LogP contribution in [-0.2, 0) is 20.8 Å². The first-order valence-electron chi connectivity index (χ1n) is 19.6. The van der Waals surface area contributed by atoms with Gasteiger partial charge in [0.15, 0.2) is 5.75 Å². The summed E-state index contributed by atoms with van der Waals surface area (Å²) in [4.78, 5) is 53.7. The number of piperazine rings is 1. The molecule has 314 valence electrons. The summed E-state index contributed by atoms with van der Waals surface area (Å²) in [7, 11) is 1.63. The molecular weight excluding hydrogens is 803 g/mol. The maximum absolute atomic E-state index is 15.4. The molecule has 0 N–H and O–H groups in total. The van der Waals surface area contributed by atoms with E-state index in [0.717, 1.165) is 51.3 Å². The second-order valence-electron chi connectivity index (χ2n) is 17.1. The molecule has 2 aliphatic heterocycles. The van der Waals surface area contributed by atoms with Crippen LogP contribution in [0.15, 0.2) is 36.0 Å². The molecule has 3 aromatic rings. The minimum Gasteiger partial charge on any atom is -0.496 e. The van der Waals surface area contributed by atoms with Crippen LogP contribution in [-0.4, -0.2) is 101 Å². The average Bonchev–Trinajstić information content (AvgIpc) is 3.87. The molecule has 1 unspecified atom stereocenters. The first-order chi connectivity index (χ1) is 27.3. The molecule has 0 spiro atoms. The predicted octanol–water partition coefficient (Wildman–Crippen LogP) is 9.42. The number of carbonyl (C=O) groups excluding carboxylic acids is 3. The van der Waals surface area contributed by atoms with E-state index in [1.807, 2.05) is 91.5 Å². The average molecular weight is 858 g/mol. The number of carbonyl (C=O) groups is 3. The number of nitrogens with zero attached hydrogens (tertiary/aromatic N) is 4. The summed E-state index contributed by atoms with van der Waals surface area (Å²) < 4.78 is 29.4. The Labute approximate surface area is 355 Å². The van der Waals surface area contributed by atoms with Gasteiger partial charge >= 0.3 is 12.2 Å². The molecule has 1 saturated heterocycles. The number of amides is 3. The van der Waals surface area contributed by atoms with Crippen molar-refractivity contribution in [3.8, 4) is 16.7 Å². The van der Waals surface area contributed by atoms with Gasteiger partial charge in [0.05, 0.1) is 34.1 Å². The van der Waals surface area contributed by atoms with E-state index < -0.39 is 35.5 Å². The quantitative estimate of drug-likeness (QED) is 0.174. The van der Waals surface area contributed by atoms with Crippen LogP contribution < -0.4 is 14.2 Å². The fourth-order valence-corrected chi connectivity index (χ4v) is 8.83. The summed E-state index contributed by atoms with van der Waals surface area (Å²) in [5, 5.41) is 1.27. The van der Waals surface area contributed by atoms with Gasteiger partial charge in [-0.3, -0.25) is 9.69 Å². The van der Waals surface area contributed by atoms with E-state index in [0.29, 0.717) is 33.1 Å². The smallest absolute Gasteiger partial charge is 0.411 e. The first-order valence-corrected chi connectivity index (χ1v) is 21.2. The van der Waals surface area contributed by atoms with Crippen LogP contribution in [0.1, 0.15) is 87.9 Å². The molecule has 0 radical (unpaired) electrons. The maximum atomic E-state index is 15.4. The molecule has 58 heavy (non-hydrogen) atoms. The lowest BCUT2D eigenvalue weighted by Crippen LogP contribution is -2.66. The Bertz CT molecular complexity index is 2090. The highest BCUT2D eigenvalue weighted by molar-refractivity contribution is 7.14. The van der Waals surface area contributed by atoms with Crippen molar-refractivity contribution in [2.45, 2.75) is 117 Å². The number of fused-ring (bicyclic) bond motifs is 2. The van der Waals surface area contributed by atoms with E-state index in [-0.39, 0.29) is 44.7 Å². The van der Waals surface area contributed by atoms with Gasteiger partial charge in [0.2, 0.25) is 0 Å². The topological polar surface area (TPSA) is 120 Å². The Morgan fingerprint density at radius 2 is 1.60 bits per heavy atom. The number of hydrogen-bond acceptors (Lipinski definition) is 10. The zero-order valence-electron chi connectivity index (χ0n) is 35.0. The molecule has 2 bridgehead atoms. The van der Waals surface area contributed by atoms with Gasteiger partial charge in [0.1, 0.15) is 30.2 Å². The molecule has 2 aromatic carbocycles. The van der Waals surface area contributed by atoms with Crippen molar-refractivity contribution in [1.82, 2.24) is 19.7 Å². The number of ether oxygens (including phenoxy) is 5.